The molecule has 1 atom stereocenters. The molecule has 0 radical (unpaired) electrons. The van der Waals surface area contributed by atoms with Crippen molar-refractivity contribution in [3.63, 3.8) is 0 Å². The molecular weight excluding hydrogens is 388 g/mol. The normalized spacial score (nSPS) is 22.9. The first-order valence-electron chi connectivity index (χ1n) is 10.0. The molecule has 4 amide bonds. The summed E-state index contributed by atoms with van der Waals surface area (Å²) in [4.78, 5) is 65.8. The molecule has 1 aromatic rings. The van der Waals surface area contributed by atoms with Gasteiger partial charge in [-0.25, -0.2) is 0 Å². The SMILES string of the molecule is CC(C)(C=O)N1CCN(c2ccc3c(c2)C(=O)N(C2CCC(=O)NC2=O)C3=O)CC1. The van der Waals surface area contributed by atoms with Crippen LogP contribution in [0.5, 0.6) is 0 Å². The number of nitrogens with zero attached hydrogens (tertiary/aromatic N) is 3. The number of carbonyl (C=O) groups is 5. The number of aldehydes is 1. The highest BCUT2D eigenvalue weighted by atomic mass is 16.2. The molecule has 9 heteroatoms. The van der Waals surface area contributed by atoms with Gasteiger partial charge in [0.2, 0.25) is 11.8 Å². The third-order valence-electron chi connectivity index (χ3n) is 6.17. The van der Waals surface area contributed by atoms with E-state index < -0.39 is 35.2 Å². The van der Waals surface area contributed by atoms with E-state index in [2.05, 4.69) is 15.1 Å². The fraction of sp³-hybridized carbons (Fsp3) is 0.476. The Hall–Kier alpha value is -3.07. The fourth-order valence-corrected chi connectivity index (χ4v) is 4.27. The van der Waals surface area contributed by atoms with Gasteiger partial charge >= 0.3 is 0 Å². The molecular formula is C21H24N4O5. The Labute approximate surface area is 174 Å². The van der Waals surface area contributed by atoms with Crippen molar-refractivity contribution >= 4 is 35.6 Å². The number of piperidine rings is 1. The Kier molecular flexibility index (Phi) is 4.93. The van der Waals surface area contributed by atoms with E-state index in [0.29, 0.717) is 26.2 Å². The van der Waals surface area contributed by atoms with Crippen molar-refractivity contribution in [3.8, 4) is 0 Å². The number of rotatable bonds is 4. The highest BCUT2D eigenvalue weighted by molar-refractivity contribution is 6.23. The van der Waals surface area contributed by atoms with E-state index in [0.717, 1.165) is 16.9 Å². The predicted octanol–water partition coefficient (Wildman–Crippen LogP) is 0.187. The van der Waals surface area contributed by atoms with Gasteiger partial charge in [0.05, 0.1) is 16.7 Å². The average molecular weight is 412 g/mol. The molecule has 2 fully saturated rings. The summed E-state index contributed by atoms with van der Waals surface area (Å²) < 4.78 is 0. The second kappa shape index (κ2) is 7.32. The lowest BCUT2D eigenvalue weighted by atomic mass is 10.0. The maximum absolute atomic E-state index is 13.0. The molecule has 0 bridgehead atoms. The summed E-state index contributed by atoms with van der Waals surface area (Å²) in [6.07, 6.45) is 1.18. The van der Waals surface area contributed by atoms with E-state index in [1.165, 1.54) is 0 Å². The third kappa shape index (κ3) is 3.28. The van der Waals surface area contributed by atoms with Crippen LogP contribution in [0.25, 0.3) is 0 Å². The van der Waals surface area contributed by atoms with Crippen molar-refractivity contribution in [2.24, 2.45) is 0 Å². The minimum Gasteiger partial charge on any atom is -0.369 e. The minimum atomic E-state index is -0.965. The van der Waals surface area contributed by atoms with Crippen LogP contribution < -0.4 is 10.2 Å². The molecule has 3 aliphatic heterocycles. The molecule has 0 saturated carbocycles. The molecule has 1 unspecified atom stereocenters. The maximum Gasteiger partial charge on any atom is 0.262 e. The lowest BCUT2D eigenvalue weighted by Gasteiger charge is -2.42. The van der Waals surface area contributed by atoms with Crippen LogP contribution in [0, 0.1) is 0 Å². The fourth-order valence-electron chi connectivity index (χ4n) is 4.27. The van der Waals surface area contributed by atoms with Crippen LogP contribution in [-0.2, 0) is 14.4 Å². The van der Waals surface area contributed by atoms with Crippen molar-refractivity contribution < 1.29 is 24.0 Å². The summed E-state index contributed by atoms with van der Waals surface area (Å²) in [6, 6.07) is 4.16. The summed E-state index contributed by atoms with van der Waals surface area (Å²) in [6.45, 7) is 6.57. The number of benzene rings is 1. The Balaban J connectivity index is 1.52. The predicted molar refractivity (Wildman–Crippen MR) is 107 cm³/mol. The maximum atomic E-state index is 13.0. The summed E-state index contributed by atoms with van der Waals surface area (Å²) >= 11 is 0. The molecule has 3 aliphatic rings. The zero-order valence-corrected chi connectivity index (χ0v) is 17.0. The van der Waals surface area contributed by atoms with E-state index in [1.54, 1.807) is 18.2 Å². The number of amides is 4. The first kappa shape index (κ1) is 20.2. The van der Waals surface area contributed by atoms with Gasteiger partial charge in [-0.3, -0.25) is 34.3 Å². The van der Waals surface area contributed by atoms with Crippen molar-refractivity contribution in [3.05, 3.63) is 29.3 Å². The Morgan fingerprint density at radius 3 is 2.30 bits per heavy atom. The van der Waals surface area contributed by atoms with Crippen LogP contribution in [0.3, 0.4) is 0 Å². The van der Waals surface area contributed by atoms with Gasteiger partial charge < -0.3 is 9.69 Å². The van der Waals surface area contributed by atoms with E-state index in [1.807, 2.05) is 13.8 Å². The highest BCUT2D eigenvalue weighted by Gasteiger charge is 2.44. The monoisotopic (exact) mass is 412 g/mol. The number of hydrogen-bond donors (Lipinski definition) is 1. The first-order valence-corrected chi connectivity index (χ1v) is 10.0. The molecule has 9 nitrogen and oxygen atoms in total. The van der Waals surface area contributed by atoms with E-state index in [9.17, 15) is 24.0 Å². The molecule has 1 N–H and O–H groups in total. The molecule has 0 aromatic heterocycles. The number of anilines is 1. The van der Waals surface area contributed by atoms with Gasteiger partial charge in [0, 0.05) is 38.3 Å². The van der Waals surface area contributed by atoms with Crippen molar-refractivity contribution in [1.82, 2.24) is 15.1 Å². The van der Waals surface area contributed by atoms with Gasteiger partial charge in [-0.05, 0) is 38.5 Å². The molecule has 1 aromatic carbocycles. The van der Waals surface area contributed by atoms with Crippen molar-refractivity contribution in [2.75, 3.05) is 31.1 Å². The van der Waals surface area contributed by atoms with Gasteiger partial charge in [0.15, 0.2) is 0 Å². The number of carbonyl (C=O) groups excluding carboxylic acids is 5. The van der Waals surface area contributed by atoms with Crippen molar-refractivity contribution in [2.45, 2.75) is 38.3 Å². The van der Waals surface area contributed by atoms with Crippen LogP contribution in [0.15, 0.2) is 18.2 Å². The van der Waals surface area contributed by atoms with Crippen LogP contribution in [0.4, 0.5) is 5.69 Å². The third-order valence-corrected chi connectivity index (χ3v) is 6.17. The van der Waals surface area contributed by atoms with Crippen LogP contribution in [0.1, 0.15) is 47.4 Å². The summed E-state index contributed by atoms with van der Waals surface area (Å²) in [5, 5.41) is 2.20. The topological polar surface area (TPSA) is 107 Å². The largest absolute Gasteiger partial charge is 0.369 e. The average Bonchev–Trinajstić information content (AvgIpc) is 2.98. The standard InChI is InChI=1S/C21H24N4O5/c1-21(2,12-26)24-9-7-23(8-10-24)13-3-4-14-15(11-13)20(30)25(19(14)29)16-5-6-17(27)22-18(16)28/h3-4,11-12,16H,5-10H2,1-2H3,(H,22,27,28). The number of fused-ring (bicyclic) bond motifs is 1. The van der Waals surface area contributed by atoms with Crippen molar-refractivity contribution in [1.29, 1.82) is 0 Å². The van der Waals surface area contributed by atoms with E-state index in [-0.39, 0.29) is 24.0 Å². The molecule has 0 spiro atoms. The van der Waals surface area contributed by atoms with E-state index in [4.69, 9.17) is 0 Å². The van der Waals surface area contributed by atoms with Gasteiger partial charge in [-0.15, -0.1) is 0 Å². The quantitative estimate of drug-likeness (QED) is 0.556. The molecule has 4 rings (SSSR count). The molecule has 3 heterocycles. The molecule has 30 heavy (non-hydrogen) atoms. The van der Waals surface area contributed by atoms with E-state index >= 15 is 0 Å². The number of nitrogens with one attached hydrogen (secondary N) is 1. The highest BCUT2D eigenvalue weighted by Crippen LogP contribution is 2.31. The smallest absolute Gasteiger partial charge is 0.262 e. The second-order valence-corrected chi connectivity index (χ2v) is 8.42. The molecule has 2 saturated heterocycles. The summed E-state index contributed by atoms with van der Waals surface area (Å²) in [5.41, 5.74) is 0.852. The molecule has 0 aliphatic carbocycles. The zero-order chi connectivity index (χ0) is 21.6. The molecule has 158 valence electrons. The van der Waals surface area contributed by atoms with Gasteiger partial charge in [-0.1, -0.05) is 0 Å². The number of hydrogen-bond acceptors (Lipinski definition) is 7. The first-order chi connectivity index (χ1) is 14.2. The minimum absolute atomic E-state index is 0.0937. The lowest BCUT2D eigenvalue weighted by Crippen LogP contribution is -2.55. The summed E-state index contributed by atoms with van der Waals surface area (Å²) in [5.74, 6) is -2.03. The van der Waals surface area contributed by atoms with Gasteiger partial charge in [-0.2, -0.15) is 0 Å². The second-order valence-electron chi connectivity index (χ2n) is 8.42. The van der Waals surface area contributed by atoms with Crippen LogP contribution in [-0.4, -0.2) is 77.5 Å². The van der Waals surface area contributed by atoms with Crippen LogP contribution in [0.2, 0.25) is 0 Å². The Morgan fingerprint density at radius 2 is 1.67 bits per heavy atom. The zero-order valence-electron chi connectivity index (χ0n) is 17.0. The Morgan fingerprint density at radius 1 is 1.00 bits per heavy atom. The Bertz CT molecular complexity index is 949. The van der Waals surface area contributed by atoms with Gasteiger partial charge in [0.1, 0.15) is 12.3 Å². The van der Waals surface area contributed by atoms with Crippen LogP contribution >= 0.6 is 0 Å². The van der Waals surface area contributed by atoms with Gasteiger partial charge in [0.25, 0.3) is 11.8 Å². The number of piperazine rings is 1. The summed E-state index contributed by atoms with van der Waals surface area (Å²) in [7, 11) is 0. The number of imide groups is 2. The lowest BCUT2D eigenvalue weighted by molar-refractivity contribution is -0.136.